The number of aryl methyl sites for hydroxylation is 1. The molecule has 1 amide bonds. The second-order valence-electron chi connectivity index (χ2n) is 16.3. The number of aromatic nitrogens is 5. The van der Waals surface area contributed by atoms with Crippen LogP contribution < -0.4 is 20.4 Å². The number of aliphatic hydroxyl groups excluding tert-OH is 1. The van der Waals surface area contributed by atoms with Gasteiger partial charge < -0.3 is 19.5 Å². The van der Waals surface area contributed by atoms with Crippen molar-refractivity contribution in [1.29, 1.82) is 0 Å². The molecule has 0 radical (unpaired) electrons. The first-order valence-electron chi connectivity index (χ1n) is 19.9. The third kappa shape index (κ3) is 7.53. The lowest BCUT2D eigenvalue weighted by Crippen LogP contribution is -2.52. The first-order chi connectivity index (χ1) is 27.4. The van der Waals surface area contributed by atoms with E-state index in [1.165, 1.54) is 21.0 Å². The molecule has 4 heterocycles. The first kappa shape index (κ1) is 40.0. The number of carbonyl (C=O) groups is 1. The van der Waals surface area contributed by atoms with Gasteiger partial charge in [-0.05, 0) is 82.0 Å². The van der Waals surface area contributed by atoms with E-state index in [1.54, 1.807) is 18.0 Å². The molecule has 0 unspecified atom stereocenters. The second-order valence-corrected chi connectivity index (χ2v) is 21.0. The molecule has 1 N–H and O–H groups in total. The van der Waals surface area contributed by atoms with Gasteiger partial charge in [-0.1, -0.05) is 84.0 Å². The van der Waals surface area contributed by atoms with Gasteiger partial charge in [0.25, 0.3) is 11.5 Å². The summed E-state index contributed by atoms with van der Waals surface area (Å²) in [7, 11) is -0.741. The summed E-state index contributed by atoms with van der Waals surface area (Å²) in [5, 5.41) is 25.3. The van der Waals surface area contributed by atoms with E-state index in [0.717, 1.165) is 40.9 Å². The molecule has 2 aliphatic heterocycles. The largest absolute Gasteiger partial charge is 0.497 e. The maximum absolute atomic E-state index is 15.4. The Morgan fingerprint density at radius 2 is 1.81 bits per heavy atom. The van der Waals surface area contributed by atoms with Crippen LogP contribution in [0.1, 0.15) is 58.2 Å². The molecule has 4 atom stereocenters. The van der Waals surface area contributed by atoms with E-state index in [0.29, 0.717) is 37.0 Å². The number of methoxy groups -OCH3 is 1. The molecule has 0 aliphatic carbocycles. The van der Waals surface area contributed by atoms with Crippen molar-refractivity contribution in [2.45, 2.75) is 90.3 Å². The molecule has 1 saturated heterocycles. The summed E-state index contributed by atoms with van der Waals surface area (Å²) in [6, 6.07) is 21.6. The summed E-state index contributed by atoms with van der Waals surface area (Å²) in [5.74, 6) is 0.469. The maximum Gasteiger partial charge on any atom is 0.279 e. The number of allylic oxidation sites excluding steroid dienone is 3. The number of anilines is 1. The van der Waals surface area contributed by atoms with Gasteiger partial charge in [-0.3, -0.25) is 14.3 Å². The highest BCUT2D eigenvalue weighted by Crippen LogP contribution is 2.60. The molecule has 12 heteroatoms. The molecule has 2 aromatic heterocycles. The molecule has 2 aliphatic rings. The van der Waals surface area contributed by atoms with Gasteiger partial charge in [-0.15, -0.1) is 5.10 Å². The van der Waals surface area contributed by atoms with Crippen LogP contribution in [0.5, 0.6) is 5.75 Å². The third-order valence-electron chi connectivity index (χ3n) is 12.1. The average molecular weight is 787 g/mol. The highest BCUT2D eigenvalue weighted by molar-refractivity contribution is 6.91. The van der Waals surface area contributed by atoms with Crippen molar-refractivity contribution in [3.63, 3.8) is 0 Å². The number of rotatable bonds is 14. The highest BCUT2D eigenvalue weighted by Gasteiger charge is 2.66. The van der Waals surface area contributed by atoms with Crippen molar-refractivity contribution in [3.05, 3.63) is 124 Å². The van der Waals surface area contributed by atoms with E-state index in [1.807, 2.05) is 65.7 Å². The van der Waals surface area contributed by atoms with Crippen LogP contribution in [-0.2, 0) is 28.1 Å². The minimum Gasteiger partial charge on any atom is -0.497 e. The van der Waals surface area contributed by atoms with Crippen LogP contribution in [-0.4, -0.2) is 70.2 Å². The van der Waals surface area contributed by atoms with Crippen molar-refractivity contribution in [2.75, 3.05) is 25.2 Å². The number of carbonyl (C=O) groups excluding carboxylic acids is 1. The molecule has 1 fully saturated rings. The van der Waals surface area contributed by atoms with Gasteiger partial charge in [0.2, 0.25) is 0 Å². The minimum atomic E-state index is -2.41. The van der Waals surface area contributed by atoms with Gasteiger partial charge in [-0.25, -0.2) is 0 Å². The van der Waals surface area contributed by atoms with Crippen molar-refractivity contribution in [1.82, 2.24) is 24.8 Å². The minimum absolute atomic E-state index is 0.000776. The average Bonchev–Trinajstić information content (AvgIpc) is 3.85. The number of fused-ring (bicyclic) bond motifs is 3. The molecule has 7 rings (SSSR count). The van der Waals surface area contributed by atoms with E-state index >= 15 is 4.79 Å². The van der Waals surface area contributed by atoms with Gasteiger partial charge in [0, 0.05) is 49.2 Å². The fourth-order valence-electron chi connectivity index (χ4n) is 9.03. The zero-order valence-electron chi connectivity index (χ0n) is 34.1. The molecule has 0 saturated carbocycles. The van der Waals surface area contributed by atoms with Crippen LogP contribution in [0.15, 0.2) is 107 Å². The van der Waals surface area contributed by atoms with Gasteiger partial charge in [0.15, 0.2) is 5.60 Å². The van der Waals surface area contributed by atoms with E-state index in [2.05, 4.69) is 80.5 Å². The van der Waals surface area contributed by atoms with Crippen LogP contribution in [0.4, 0.5) is 5.69 Å². The second kappa shape index (κ2) is 16.4. The van der Waals surface area contributed by atoms with E-state index in [9.17, 15) is 9.90 Å². The zero-order chi connectivity index (χ0) is 40.5. The number of hydrogen-bond acceptors (Lipinski definition) is 8. The molecular weight excluding hydrogens is 733 g/mol. The summed E-state index contributed by atoms with van der Waals surface area (Å²) < 4.78 is 16.2. The molecule has 298 valence electrons. The molecule has 5 aromatic rings. The number of hydrogen-bond donors (Lipinski definition) is 1. The molecule has 11 nitrogen and oxygen atoms in total. The summed E-state index contributed by atoms with van der Waals surface area (Å²) in [5.41, 5.74) is 3.81. The summed E-state index contributed by atoms with van der Waals surface area (Å²) in [6.07, 6.45) is 10.5. The van der Waals surface area contributed by atoms with Crippen LogP contribution in [0.2, 0.25) is 18.6 Å². The summed E-state index contributed by atoms with van der Waals surface area (Å²) in [4.78, 5) is 31.2. The quantitative estimate of drug-likeness (QED) is 0.0957. The molecule has 57 heavy (non-hydrogen) atoms. The number of benzene rings is 3. The maximum atomic E-state index is 15.4. The van der Waals surface area contributed by atoms with Gasteiger partial charge in [0.1, 0.15) is 5.75 Å². The van der Waals surface area contributed by atoms with Gasteiger partial charge in [-0.2, -0.15) is 9.78 Å². The Morgan fingerprint density at radius 1 is 1.04 bits per heavy atom. The Balaban J connectivity index is 1.35. The Kier molecular flexibility index (Phi) is 11.5. The molecule has 3 aromatic carbocycles. The van der Waals surface area contributed by atoms with Crippen LogP contribution in [0, 0.1) is 5.92 Å². The Bertz CT molecular complexity index is 2380. The highest BCUT2D eigenvalue weighted by atomic mass is 28.3. The van der Waals surface area contributed by atoms with Crippen LogP contribution in [0.3, 0.4) is 0 Å². The first-order valence-corrected chi connectivity index (χ1v) is 23.0. The predicted molar refractivity (Wildman–Crippen MR) is 227 cm³/mol. The smallest absolute Gasteiger partial charge is 0.279 e. The monoisotopic (exact) mass is 786 g/mol. The Morgan fingerprint density at radius 3 is 2.54 bits per heavy atom. The van der Waals surface area contributed by atoms with Gasteiger partial charge in [0.05, 0.1) is 49.9 Å². The van der Waals surface area contributed by atoms with E-state index in [4.69, 9.17) is 9.47 Å². The van der Waals surface area contributed by atoms with Crippen molar-refractivity contribution in [3.8, 4) is 11.4 Å². The Hall–Kier alpha value is -5.17. The number of ether oxygens (including phenoxy) is 2. The van der Waals surface area contributed by atoms with Crippen molar-refractivity contribution in [2.24, 2.45) is 5.92 Å². The number of aliphatic hydroxyl groups is 1. The fourth-order valence-corrected chi connectivity index (χ4v) is 13.1. The lowest BCUT2D eigenvalue weighted by atomic mass is 9.82. The standard InChI is InChI=1S/C45H54N6O5Si/c1-30(2)11-10-12-31(3)21-25-50-40-20-15-35(51-43(53)38-14-9-8-13-33(38)28-46-51)27-39(40)45(44(50)54)32(4)42(57(6,7)37-18-16-36(55-5)17-19-37)41(56-45)22-24-49-29-34(23-26-52)47-48-49/h8-9,11,13-21,27-29,32,41-42,52H,10,12,22-26H2,1-7H3/b31-21+/t32-,41+,42-,45+/m1/s1. The number of amides is 1. The fraction of sp³-hybridized carbons (Fsp3) is 0.400. The molecule has 0 bridgehead atoms. The molecular formula is C45H54N6O5Si. The van der Waals surface area contributed by atoms with Crippen LogP contribution >= 0.6 is 0 Å². The normalized spacial score (nSPS) is 20.8. The van der Waals surface area contributed by atoms with E-state index in [-0.39, 0.29) is 35.6 Å². The lowest BCUT2D eigenvalue weighted by molar-refractivity contribution is -0.145. The van der Waals surface area contributed by atoms with Gasteiger partial charge >= 0.3 is 0 Å². The van der Waals surface area contributed by atoms with E-state index < -0.39 is 13.7 Å². The lowest BCUT2D eigenvalue weighted by Gasteiger charge is -2.37. The number of nitrogens with zero attached hydrogens (tertiary/aromatic N) is 6. The van der Waals surface area contributed by atoms with Crippen LogP contribution in [0.25, 0.3) is 16.5 Å². The summed E-state index contributed by atoms with van der Waals surface area (Å²) in [6.45, 7) is 14.2. The predicted octanol–water partition coefficient (Wildman–Crippen LogP) is 6.87. The zero-order valence-corrected chi connectivity index (χ0v) is 35.1. The van der Waals surface area contributed by atoms with Crippen molar-refractivity contribution >= 4 is 35.6 Å². The topological polar surface area (TPSA) is 125 Å². The molecule has 1 spiro atoms. The third-order valence-corrected chi connectivity index (χ3v) is 16.4. The summed E-state index contributed by atoms with van der Waals surface area (Å²) >= 11 is 0. The Labute approximate surface area is 335 Å². The van der Waals surface area contributed by atoms with Crippen molar-refractivity contribution < 1.29 is 19.4 Å². The SMILES string of the molecule is COc1ccc([Si](C)(C)[C@H]2[C@H](CCn3cc(CCO)nn3)O[C@@]3(C(=O)N(C/C=C(\C)CCC=C(C)C)c4ccc(-n5ncc6ccccc6c5=O)cc43)[C@@H]2C)cc1.